The molecule has 33 heavy (non-hydrogen) atoms. The van der Waals surface area contributed by atoms with E-state index in [0.717, 1.165) is 46.0 Å². The van der Waals surface area contributed by atoms with Gasteiger partial charge in [0.05, 0.1) is 17.1 Å². The Morgan fingerprint density at radius 3 is 2.67 bits per heavy atom. The van der Waals surface area contributed by atoms with Gasteiger partial charge in [0.25, 0.3) is 5.56 Å². The third-order valence-corrected chi connectivity index (χ3v) is 7.37. The van der Waals surface area contributed by atoms with Crippen LogP contribution in [-0.4, -0.2) is 15.9 Å². The summed E-state index contributed by atoms with van der Waals surface area (Å²) in [6, 6.07) is 17.7. The summed E-state index contributed by atoms with van der Waals surface area (Å²) >= 11 is 5.02. The maximum atomic E-state index is 13.4. The van der Waals surface area contributed by atoms with E-state index in [0.29, 0.717) is 16.7 Å². The Balaban J connectivity index is 1.48. The molecule has 0 atom stereocenters. The van der Waals surface area contributed by atoms with Crippen molar-refractivity contribution in [2.24, 2.45) is 5.10 Å². The second-order valence-corrected chi connectivity index (χ2v) is 10.4. The molecule has 168 valence electrons. The third-order valence-electron chi connectivity index (χ3n) is 5.95. The van der Waals surface area contributed by atoms with Gasteiger partial charge >= 0.3 is 0 Å². The molecular weight excluding hydrogens is 498 g/mol. The zero-order valence-corrected chi connectivity index (χ0v) is 20.7. The van der Waals surface area contributed by atoms with E-state index >= 15 is 0 Å². The monoisotopic (exact) mass is 521 g/mol. The lowest BCUT2D eigenvalue weighted by atomic mass is 9.88. The molecule has 0 N–H and O–H groups in total. The highest BCUT2D eigenvalue weighted by Gasteiger charge is 2.22. The summed E-state index contributed by atoms with van der Waals surface area (Å²) in [5, 5.41) is 5.89. The molecule has 0 bridgehead atoms. The molecule has 0 unspecified atom stereocenters. The first-order valence-corrected chi connectivity index (χ1v) is 12.8. The van der Waals surface area contributed by atoms with Crippen LogP contribution in [0.5, 0.6) is 0 Å². The number of halogens is 1. The van der Waals surface area contributed by atoms with Crippen LogP contribution >= 0.6 is 27.7 Å². The molecule has 2 aromatic heterocycles. The van der Waals surface area contributed by atoms with Crippen LogP contribution in [0, 0.1) is 6.92 Å². The van der Waals surface area contributed by atoms with Gasteiger partial charge in [0.2, 0.25) is 0 Å². The van der Waals surface area contributed by atoms with Crippen molar-refractivity contribution in [2.45, 2.75) is 54.9 Å². The molecule has 0 saturated heterocycles. The Bertz CT molecular complexity index is 1370. The van der Waals surface area contributed by atoms with Crippen LogP contribution in [0.2, 0.25) is 0 Å². The van der Waals surface area contributed by atoms with Crippen molar-refractivity contribution in [1.82, 2.24) is 9.66 Å². The minimum Gasteiger partial charge on any atom is -0.448 e. The summed E-state index contributed by atoms with van der Waals surface area (Å²) in [7, 11) is 0. The van der Waals surface area contributed by atoms with E-state index in [2.05, 4.69) is 52.2 Å². The smallest absolute Gasteiger partial charge is 0.282 e. The molecule has 5 rings (SSSR count). The molecule has 0 aliphatic heterocycles. The fourth-order valence-electron chi connectivity index (χ4n) is 4.20. The van der Waals surface area contributed by atoms with E-state index in [1.807, 2.05) is 30.3 Å². The topological polar surface area (TPSA) is 60.4 Å². The van der Waals surface area contributed by atoms with Crippen molar-refractivity contribution in [2.75, 3.05) is 0 Å². The van der Waals surface area contributed by atoms with Crippen molar-refractivity contribution in [3.8, 4) is 0 Å². The van der Waals surface area contributed by atoms with Gasteiger partial charge < -0.3 is 4.42 Å². The quantitative estimate of drug-likeness (QED) is 0.262. The molecule has 4 aromatic rings. The first-order chi connectivity index (χ1) is 16.1. The normalized spacial score (nSPS) is 15.0. The van der Waals surface area contributed by atoms with E-state index < -0.39 is 0 Å². The number of aryl methyl sites for hydroxylation is 1. The summed E-state index contributed by atoms with van der Waals surface area (Å²) in [4.78, 5) is 19.4. The maximum Gasteiger partial charge on any atom is 0.282 e. The van der Waals surface area contributed by atoms with Crippen LogP contribution in [-0.2, 0) is 0 Å². The number of hydrogen-bond acceptors (Lipinski definition) is 5. The van der Waals surface area contributed by atoms with Crippen molar-refractivity contribution < 1.29 is 4.42 Å². The van der Waals surface area contributed by atoms with Crippen molar-refractivity contribution in [3.05, 3.63) is 86.6 Å². The average molecular weight is 522 g/mol. The number of furan rings is 1. The molecule has 2 aromatic carbocycles. The van der Waals surface area contributed by atoms with Gasteiger partial charge in [0.15, 0.2) is 5.09 Å². The standard InChI is InChI=1S/C26H24BrN3O2S/c1-17-7-11-21(12-8-17)33-24-14-10-20(32-24)16-28-30-25(18-5-3-2-4-6-18)29-23-13-9-19(27)15-22(23)26(30)31/h7-16,18H,2-6H2,1H3. The van der Waals surface area contributed by atoms with Crippen molar-refractivity contribution in [3.63, 3.8) is 0 Å². The molecular formula is C26H24BrN3O2S. The molecule has 5 nitrogen and oxygen atoms in total. The largest absolute Gasteiger partial charge is 0.448 e. The van der Waals surface area contributed by atoms with Crippen LogP contribution in [0.15, 0.2) is 83.4 Å². The predicted molar refractivity (Wildman–Crippen MR) is 137 cm³/mol. The van der Waals surface area contributed by atoms with Gasteiger partial charge in [0, 0.05) is 15.3 Å². The predicted octanol–water partition coefficient (Wildman–Crippen LogP) is 7.14. The van der Waals surface area contributed by atoms with E-state index in [-0.39, 0.29) is 11.5 Å². The molecule has 1 aliphatic carbocycles. The fourth-order valence-corrected chi connectivity index (χ4v) is 5.34. The molecule has 2 heterocycles. The molecule has 1 saturated carbocycles. The zero-order chi connectivity index (χ0) is 22.8. The summed E-state index contributed by atoms with van der Waals surface area (Å²) in [5.74, 6) is 1.58. The summed E-state index contributed by atoms with van der Waals surface area (Å²) < 4.78 is 8.26. The molecule has 0 radical (unpaired) electrons. The Morgan fingerprint density at radius 1 is 1.09 bits per heavy atom. The number of nitrogens with zero attached hydrogens (tertiary/aromatic N) is 3. The van der Waals surface area contributed by atoms with Crippen LogP contribution in [0.1, 0.15) is 55.2 Å². The number of aromatic nitrogens is 2. The van der Waals surface area contributed by atoms with Gasteiger partial charge in [-0.05, 0) is 62.2 Å². The van der Waals surface area contributed by atoms with Gasteiger partial charge in [-0.3, -0.25) is 4.79 Å². The van der Waals surface area contributed by atoms with E-state index in [1.165, 1.54) is 16.7 Å². The zero-order valence-electron chi connectivity index (χ0n) is 18.3. The van der Waals surface area contributed by atoms with Crippen LogP contribution in [0.4, 0.5) is 0 Å². The molecule has 1 fully saturated rings. The number of benzene rings is 2. The van der Waals surface area contributed by atoms with Gasteiger partial charge in [-0.2, -0.15) is 9.78 Å². The van der Waals surface area contributed by atoms with Crippen LogP contribution in [0.25, 0.3) is 10.9 Å². The Morgan fingerprint density at radius 2 is 1.88 bits per heavy atom. The maximum absolute atomic E-state index is 13.4. The Hall–Kier alpha value is -2.64. The summed E-state index contributed by atoms with van der Waals surface area (Å²) in [6.45, 7) is 2.07. The van der Waals surface area contributed by atoms with Gasteiger partial charge in [0.1, 0.15) is 11.6 Å². The third kappa shape index (κ3) is 4.99. The second-order valence-electron chi connectivity index (χ2n) is 8.40. The number of fused-ring (bicyclic) bond motifs is 1. The Kier molecular flexibility index (Phi) is 6.51. The lowest BCUT2D eigenvalue weighted by Gasteiger charge is -2.22. The number of rotatable bonds is 5. The highest BCUT2D eigenvalue weighted by molar-refractivity contribution is 9.10. The van der Waals surface area contributed by atoms with Crippen molar-refractivity contribution >= 4 is 44.8 Å². The fraction of sp³-hybridized carbons (Fsp3) is 0.269. The average Bonchev–Trinajstić information content (AvgIpc) is 3.28. The minimum atomic E-state index is -0.154. The van der Waals surface area contributed by atoms with Gasteiger partial charge in [-0.1, -0.05) is 64.7 Å². The van der Waals surface area contributed by atoms with E-state index in [9.17, 15) is 4.79 Å². The van der Waals surface area contributed by atoms with Crippen molar-refractivity contribution in [1.29, 1.82) is 0 Å². The van der Waals surface area contributed by atoms with E-state index in [1.54, 1.807) is 18.0 Å². The lowest BCUT2D eigenvalue weighted by Crippen LogP contribution is -2.25. The highest BCUT2D eigenvalue weighted by Crippen LogP contribution is 2.32. The van der Waals surface area contributed by atoms with Gasteiger partial charge in [-0.25, -0.2) is 4.98 Å². The first-order valence-electron chi connectivity index (χ1n) is 11.2. The first kappa shape index (κ1) is 22.2. The molecule has 1 aliphatic rings. The molecule has 0 amide bonds. The second kappa shape index (κ2) is 9.69. The van der Waals surface area contributed by atoms with Gasteiger partial charge in [-0.15, -0.1) is 0 Å². The SMILES string of the molecule is Cc1ccc(Sc2ccc(C=Nn3c(C4CCCCC4)nc4ccc(Br)cc4c3=O)o2)cc1. The van der Waals surface area contributed by atoms with Crippen LogP contribution in [0.3, 0.4) is 0 Å². The highest BCUT2D eigenvalue weighted by atomic mass is 79.9. The van der Waals surface area contributed by atoms with Crippen LogP contribution < -0.4 is 5.56 Å². The lowest BCUT2D eigenvalue weighted by molar-refractivity contribution is 0.416. The number of hydrogen-bond donors (Lipinski definition) is 0. The molecule has 0 spiro atoms. The molecule has 7 heteroatoms. The summed E-state index contributed by atoms with van der Waals surface area (Å²) in [5.41, 5.74) is 1.78. The van der Waals surface area contributed by atoms with E-state index in [4.69, 9.17) is 9.40 Å². The Labute approximate surface area is 205 Å². The summed E-state index contributed by atoms with van der Waals surface area (Å²) in [6.07, 6.45) is 7.21. The minimum absolute atomic E-state index is 0.154.